The summed E-state index contributed by atoms with van der Waals surface area (Å²) in [6.07, 6.45) is 6.65. The van der Waals surface area contributed by atoms with E-state index in [1.165, 1.54) is 19.3 Å². The zero-order chi connectivity index (χ0) is 18.2. The first-order valence-corrected chi connectivity index (χ1v) is 10.1. The number of amides is 2. The van der Waals surface area contributed by atoms with Crippen molar-refractivity contribution in [1.29, 1.82) is 0 Å². The summed E-state index contributed by atoms with van der Waals surface area (Å²) >= 11 is 1.59. The third kappa shape index (κ3) is 6.36. The van der Waals surface area contributed by atoms with Crippen LogP contribution in [0.15, 0.2) is 29.2 Å². The van der Waals surface area contributed by atoms with Crippen LogP contribution in [0.1, 0.15) is 32.6 Å². The van der Waals surface area contributed by atoms with Gasteiger partial charge in [0.1, 0.15) is 0 Å². The largest absolute Gasteiger partial charge is 0.352 e. The van der Waals surface area contributed by atoms with Crippen LogP contribution in [-0.2, 0) is 9.59 Å². The van der Waals surface area contributed by atoms with Gasteiger partial charge in [0, 0.05) is 10.9 Å². The summed E-state index contributed by atoms with van der Waals surface area (Å²) in [7, 11) is 1.80. The van der Waals surface area contributed by atoms with Crippen molar-refractivity contribution in [3.8, 4) is 0 Å². The molecule has 0 saturated heterocycles. The molecule has 0 unspecified atom stereocenters. The molecule has 1 aromatic rings. The molecule has 2 N–H and O–H groups in total. The zero-order valence-electron chi connectivity index (χ0n) is 15.4. The van der Waals surface area contributed by atoms with E-state index in [0.29, 0.717) is 5.92 Å². The smallest absolute Gasteiger partial charge is 0.238 e. The predicted molar refractivity (Wildman–Crippen MR) is 104 cm³/mol. The summed E-state index contributed by atoms with van der Waals surface area (Å²) in [5, 5.41) is 6.05. The molecular formula is C19H29N3O2S. The van der Waals surface area contributed by atoms with Gasteiger partial charge in [0.2, 0.25) is 11.8 Å². The Hall–Kier alpha value is -1.53. The van der Waals surface area contributed by atoms with Gasteiger partial charge in [0.15, 0.2) is 0 Å². The molecule has 1 fully saturated rings. The monoisotopic (exact) mass is 363 g/mol. The van der Waals surface area contributed by atoms with Crippen LogP contribution >= 0.6 is 11.8 Å². The summed E-state index contributed by atoms with van der Waals surface area (Å²) in [4.78, 5) is 27.2. The van der Waals surface area contributed by atoms with Crippen LogP contribution in [0.3, 0.4) is 0 Å². The number of carbonyl (C=O) groups excluding carboxylic acids is 2. The second-order valence-electron chi connectivity index (χ2n) is 6.86. The molecule has 1 aliphatic rings. The summed E-state index contributed by atoms with van der Waals surface area (Å²) in [5.41, 5.74) is 0.814. The van der Waals surface area contributed by atoms with Crippen LogP contribution in [0.25, 0.3) is 0 Å². The highest BCUT2D eigenvalue weighted by Gasteiger charge is 2.23. The van der Waals surface area contributed by atoms with Gasteiger partial charge >= 0.3 is 0 Å². The molecule has 0 aromatic heterocycles. The molecule has 1 aromatic carbocycles. The number of rotatable bonds is 7. The average molecular weight is 364 g/mol. The molecule has 1 aliphatic carbocycles. The van der Waals surface area contributed by atoms with Crippen molar-refractivity contribution in [2.24, 2.45) is 5.92 Å². The lowest BCUT2D eigenvalue weighted by Crippen LogP contribution is -2.46. The van der Waals surface area contributed by atoms with E-state index >= 15 is 0 Å². The molecule has 5 nitrogen and oxygen atoms in total. The lowest BCUT2D eigenvalue weighted by atomic mass is 9.86. The highest BCUT2D eigenvalue weighted by molar-refractivity contribution is 7.98. The topological polar surface area (TPSA) is 61.4 Å². The number of hydrogen-bond donors (Lipinski definition) is 2. The molecule has 138 valence electrons. The minimum Gasteiger partial charge on any atom is -0.352 e. The maximum Gasteiger partial charge on any atom is 0.238 e. The Morgan fingerprint density at radius 2 is 1.84 bits per heavy atom. The molecule has 2 atom stereocenters. The quantitative estimate of drug-likeness (QED) is 0.731. The van der Waals surface area contributed by atoms with Gasteiger partial charge in [-0.3, -0.25) is 14.5 Å². The van der Waals surface area contributed by atoms with Crippen LogP contribution < -0.4 is 10.6 Å². The van der Waals surface area contributed by atoms with Gasteiger partial charge in [-0.2, -0.15) is 0 Å². The van der Waals surface area contributed by atoms with E-state index in [4.69, 9.17) is 0 Å². The van der Waals surface area contributed by atoms with Crippen molar-refractivity contribution in [3.63, 3.8) is 0 Å². The Morgan fingerprint density at radius 1 is 1.16 bits per heavy atom. The second kappa shape index (κ2) is 9.82. The lowest BCUT2D eigenvalue weighted by molar-refractivity contribution is -0.124. The van der Waals surface area contributed by atoms with E-state index in [0.717, 1.165) is 17.0 Å². The number of benzene rings is 1. The fourth-order valence-electron chi connectivity index (χ4n) is 3.27. The van der Waals surface area contributed by atoms with Gasteiger partial charge < -0.3 is 10.6 Å². The number of anilines is 1. The normalized spacial score (nSPS) is 20.3. The second-order valence-corrected chi connectivity index (χ2v) is 7.70. The number of hydrogen-bond acceptors (Lipinski definition) is 4. The Kier molecular flexibility index (Phi) is 7.78. The molecule has 0 bridgehead atoms. The molecule has 0 heterocycles. The van der Waals surface area contributed by atoms with Crippen molar-refractivity contribution in [2.75, 3.05) is 31.7 Å². The lowest BCUT2D eigenvalue weighted by Gasteiger charge is -2.30. The summed E-state index contributed by atoms with van der Waals surface area (Å²) in [5.74, 6) is 0.427. The first-order valence-electron chi connectivity index (χ1n) is 8.90. The van der Waals surface area contributed by atoms with E-state index in [1.54, 1.807) is 23.7 Å². The van der Waals surface area contributed by atoms with E-state index in [9.17, 15) is 9.59 Å². The fraction of sp³-hybridized carbons (Fsp3) is 0.579. The molecule has 0 spiro atoms. The number of para-hydroxylation sites is 1. The van der Waals surface area contributed by atoms with Crippen LogP contribution in [0, 0.1) is 5.92 Å². The van der Waals surface area contributed by atoms with Crippen molar-refractivity contribution < 1.29 is 9.59 Å². The minimum atomic E-state index is -0.108. The summed E-state index contributed by atoms with van der Waals surface area (Å²) in [6.45, 7) is 2.63. The van der Waals surface area contributed by atoms with Crippen LogP contribution in [-0.4, -0.2) is 49.1 Å². The Balaban J connectivity index is 1.77. The number of nitrogens with one attached hydrogen (secondary N) is 2. The fourth-order valence-corrected chi connectivity index (χ4v) is 3.82. The molecule has 0 aliphatic heterocycles. The SMILES string of the molecule is CSc1ccccc1NC(=O)CN(C)CC(=O)N[C@@H]1CCCC[C@@H]1C. The Labute approximate surface area is 154 Å². The van der Waals surface area contributed by atoms with Crippen LogP contribution in [0.5, 0.6) is 0 Å². The van der Waals surface area contributed by atoms with Gasteiger partial charge in [-0.25, -0.2) is 0 Å². The Bertz CT molecular complexity index is 594. The molecule has 2 amide bonds. The van der Waals surface area contributed by atoms with Gasteiger partial charge in [0.05, 0.1) is 18.8 Å². The molecule has 2 rings (SSSR count). The maximum absolute atomic E-state index is 12.2. The first kappa shape index (κ1) is 19.8. The standard InChI is InChI=1S/C19H29N3O2S/c1-14-8-4-5-9-15(14)20-18(23)12-22(2)13-19(24)21-16-10-6-7-11-17(16)25-3/h6-7,10-11,14-15H,4-5,8-9,12-13H2,1-3H3,(H,20,23)(H,21,24)/t14-,15+/m0/s1. The van der Waals surface area contributed by atoms with Crippen molar-refractivity contribution in [1.82, 2.24) is 10.2 Å². The van der Waals surface area contributed by atoms with E-state index < -0.39 is 0 Å². The van der Waals surface area contributed by atoms with Crippen molar-refractivity contribution in [2.45, 2.75) is 43.5 Å². The molecule has 0 radical (unpaired) electrons. The maximum atomic E-state index is 12.2. The van der Waals surface area contributed by atoms with Gasteiger partial charge in [0.25, 0.3) is 0 Å². The van der Waals surface area contributed by atoms with Gasteiger partial charge in [-0.15, -0.1) is 11.8 Å². The highest BCUT2D eigenvalue weighted by atomic mass is 32.2. The van der Waals surface area contributed by atoms with Crippen LogP contribution in [0.4, 0.5) is 5.69 Å². The third-order valence-electron chi connectivity index (χ3n) is 4.67. The first-order chi connectivity index (χ1) is 12.0. The predicted octanol–water partition coefficient (Wildman–Crippen LogP) is 2.97. The number of likely N-dealkylation sites (N-methyl/N-ethyl adjacent to an activating group) is 1. The number of carbonyl (C=O) groups is 2. The van der Waals surface area contributed by atoms with Gasteiger partial charge in [-0.05, 0) is 44.2 Å². The van der Waals surface area contributed by atoms with Crippen molar-refractivity contribution in [3.05, 3.63) is 24.3 Å². The van der Waals surface area contributed by atoms with E-state index in [-0.39, 0.29) is 30.9 Å². The third-order valence-corrected chi connectivity index (χ3v) is 5.46. The summed E-state index contributed by atoms with van der Waals surface area (Å²) in [6, 6.07) is 7.99. The minimum absolute atomic E-state index is 0.00133. The average Bonchev–Trinajstić information content (AvgIpc) is 2.57. The van der Waals surface area contributed by atoms with Crippen molar-refractivity contribution >= 4 is 29.3 Å². The summed E-state index contributed by atoms with van der Waals surface area (Å²) < 4.78 is 0. The van der Waals surface area contributed by atoms with Crippen LogP contribution in [0.2, 0.25) is 0 Å². The molecule has 6 heteroatoms. The van der Waals surface area contributed by atoms with E-state index in [1.807, 2.05) is 30.5 Å². The molecule has 1 saturated carbocycles. The van der Waals surface area contributed by atoms with E-state index in [2.05, 4.69) is 17.6 Å². The number of thioether (sulfide) groups is 1. The number of nitrogens with zero attached hydrogens (tertiary/aromatic N) is 1. The highest BCUT2D eigenvalue weighted by Crippen LogP contribution is 2.25. The molecule has 25 heavy (non-hydrogen) atoms. The van der Waals surface area contributed by atoms with Gasteiger partial charge in [-0.1, -0.05) is 31.9 Å². The zero-order valence-corrected chi connectivity index (χ0v) is 16.2. The molecular weight excluding hydrogens is 334 g/mol. The Morgan fingerprint density at radius 3 is 2.56 bits per heavy atom.